The predicted octanol–water partition coefficient (Wildman–Crippen LogP) is 1.91. The first-order chi connectivity index (χ1) is 10.8. The van der Waals surface area contributed by atoms with Crippen LogP contribution in [0, 0.1) is 0 Å². The van der Waals surface area contributed by atoms with Crippen LogP contribution in [-0.2, 0) is 11.2 Å². The van der Waals surface area contributed by atoms with Crippen LogP contribution in [0.5, 0.6) is 5.75 Å². The Morgan fingerprint density at radius 3 is 3.05 bits per heavy atom. The molecule has 22 heavy (non-hydrogen) atoms. The average Bonchev–Trinajstić information content (AvgIpc) is 3.15. The molecule has 1 aromatic rings. The van der Waals surface area contributed by atoms with Gasteiger partial charge in [0.05, 0.1) is 18.3 Å². The van der Waals surface area contributed by atoms with Gasteiger partial charge in [-0.05, 0) is 38.7 Å². The van der Waals surface area contributed by atoms with E-state index in [9.17, 15) is 4.79 Å². The van der Waals surface area contributed by atoms with Gasteiger partial charge < -0.3 is 15.4 Å². The van der Waals surface area contributed by atoms with Crippen molar-refractivity contribution in [1.29, 1.82) is 0 Å². The van der Waals surface area contributed by atoms with E-state index < -0.39 is 0 Å². The Kier molecular flexibility index (Phi) is 4.69. The number of amides is 1. The second-order valence-electron chi connectivity index (χ2n) is 5.58. The molecule has 2 aliphatic rings. The number of nitrogens with one attached hydrogen (secondary N) is 2. The number of hydrogen-bond acceptors (Lipinski definition) is 5. The summed E-state index contributed by atoms with van der Waals surface area (Å²) in [5.41, 5.74) is 2.10. The normalized spacial score (nSPS) is 26.3. The van der Waals surface area contributed by atoms with E-state index in [1.165, 1.54) is 0 Å². The molecule has 3 rings (SSSR count). The zero-order valence-corrected chi connectivity index (χ0v) is 13.5. The fraction of sp³-hybridized carbons (Fsp3) is 0.500. The van der Waals surface area contributed by atoms with Crippen LogP contribution >= 0.6 is 11.8 Å². The molecule has 1 aromatic carbocycles. The van der Waals surface area contributed by atoms with E-state index in [1.807, 2.05) is 13.1 Å². The highest BCUT2D eigenvalue weighted by Gasteiger charge is 2.36. The van der Waals surface area contributed by atoms with Crippen LogP contribution in [0.4, 0.5) is 5.69 Å². The van der Waals surface area contributed by atoms with E-state index in [1.54, 1.807) is 11.8 Å². The number of ether oxygens (including phenoxy) is 1. The van der Waals surface area contributed by atoms with Crippen molar-refractivity contribution in [2.75, 3.05) is 13.7 Å². The second kappa shape index (κ2) is 6.71. The number of hydrogen-bond donors (Lipinski definition) is 2. The first kappa shape index (κ1) is 15.4. The molecule has 6 heteroatoms. The first-order valence-electron chi connectivity index (χ1n) is 7.57. The fourth-order valence-electron chi connectivity index (χ4n) is 3.39. The summed E-state index contributed by atoms with van der Waals surface area (Å²) in [4.78, 5) is 16.3. The third kappa shape index (κ3) is 2.73. The van der Waals surface area contributed by atoms with Gasteiger partial charge in [-0.1, -0.05) is 0 Å². The van der Waals surface area contributed by atoms with E-state index in [0.717, 1.165) is 47.6 Å². The maximum atomic E-state index is 10.9. The molecule has 0 aromatic heterocycles. The van der Waals surface area contributed by atoms with Crippen molar-refractivity contribution < 1.29 is 9.53 Å². The molecule has 1 heterocycles. The molecular formula is C16H21N3O2S. The minimum Gasteiger partial charge on any atom is -0.493 e. The van der Waals surface area contributed by atoms with Crippen LogP contribution in [0.25, 0.3) is 0 Å². The molecule has 1 amide bonds. The number of thioether (sulfide) groups is 1. The molecule has 1 fully saturated rings. The van der Waals surface area contributed by atoms with Crippen LogP contribution in [0.1, 0.15) is 18.4 Å². The van der Waals surface area contributed by atoms with E-state index in [0.29, 0.717) is 17.9 Å². The second-order valence-corrected chi connectivity index (χ2v) is 6.87. The first-order valence-corrected chi connectivity index (χ1v) is 8.45. The van der Waals surface area contributed by atoms with Gasteiger partial charge in [0.25, 0.3) is 0 Å². The van der Waals surface area contributed by atoms with Gasteiger partial charge >= 0.3 is 0 Å². The zero-order chi connectivity index (χ0) is 15.5. The van der Waals surface area contributed by atoms with Crippen LogP contribution in [0.3, 0.4) is 0 Å². The number of likely N-dealkylation sites (N-methyl/N-ethyl adjacent to an activating group) is 1. The van der Waals surface area contributed by atoms with E-state index >= 15 is 0 Å². The predicted molar refractivity (Wildman–Crippen MR) is 89.6 cm³/mol. The standard InChI is InChI=1S/C16H21N3O2S/c1-17-11-3-5-14(16(11)19-9-20)22-13-6-4-12-10(7-8-21-12)15(13)18-2/h4,6,9,11,14,16-17H,2-3,5,7-8H2,1H3,(H,19,20)/t11-,14?,16?/m1/s1. The van der Waals surface area contributed by atoms with Crippen molar-refractivity contribution in [3.8, 4) is 5.75 Å². The molecular weight excluding hydrogens is 298 g/mol. The molecule has 5 nitrogen and oxygen atoms in total. The molecule has 0 saturated heterocycles. The lowest BCUT2D eigenvalue weighted by atomic mass is 10.1. The van der Waals surface area contributed by atoms with Crippen molar-refractivity contribution in [3.63, 3.8) is 0 Å². The SMILES string of the molecule is C=Nc1c(SC2CC[C@@H](NC)C2NC=O)ccc2c1CCO2. The van der Waals surface area contributed by atoms with Gasteiger partial charge in [-0.25, -0.2) is 0 Å². The van der Waals surface area contributed by atoms with Crippen LogP contribution < -0.4 is 15.4 Å². The monoisotopic (exact) mass is 319 g/mol. The maximum Gasteiger partial charge on any atom is 0.207 e. The summed E-state index contributed by atoms with van der Waals surface area (Å²) >= 11 is 1.78. The summed E-state index contributed by atoms with van der Waals surface area (Å²) in [5, 5.41) is 6.60. The molecule has 3 atom stereocenters. The van der Waals surface area contributed by atoms with Crippen LogP contribution in [0.2, 0.25) is 0 Å². The van der Waals surface area contributed by atoms with Crippen LogP contribution in [-0.4, -0.2) is 44.1 Å². The largest absolute Gasteiger partial charge is 0.493 e. The summed E-state index contributed by atoms with van der Waals surface area (Å²) in [6.45, 7) is 4.44. The Morgan fingerprint density at radius 2 is 2.32 bits per heavy atom. The van der Waals surface area contributed by atoms with Gasteiger partial charge in [-0.3, -0.25) is 9.79 Å². The molecule has 1 aliphatic heterocycles. The Labute approximate surface area is 134 Å². The van der Waals surface area contributed by atoms with Gasteiger partial charge in [-0.15, -0.1) is 11.8 Å². The Hall–Kier alpha value is -1.53. The Morgan fingerprint density at radius 1 is 1.45 bits per heavy atom. The number of carbonyl (C=O) groups is 1. The summed E-state index contributed by atoms with van der Waals surface area (Å²) in [6.07, 6.45) is 3.81. The number of fused-ring (bicyclic) bond motifs is 1. The van der Waals surface area contributed by atoms with Crippen LogP contribution in [0.15, 0.2) is 22.0 Å². The third-order valence-corrected chi connectivity index (χ3v) is 5.89. The highest BCUT2D eigenvalue weighted by Crippen LogP contribution is 2.44. The molecule has 2 unspecified atom stereocenters. The quantitative estimate of drug-likeness (QED) is 0.621. The summed E-state index contributed by atoms with van der Waals surface area (Å²) < 4.78 is 5.59. The molecule has 0 spiro atoms. The number of nitrogens with zero attached hydrogens (tertiary/aromatic N) is 1. The summed E-state index contributed by atoms with van der Waals surface area (Å²) in [7, 11) is 1.95. The topological polar surface area (TPSA) is 62.7 Å². The van der Waals surface area contributed by atoms with Crippen molar-refractivity contribution in [2.45, 2.75) is 41.5 Å². The van der Waals surface area contributed by atoms with Crippen molar-refractivity contribution in [2.24, 2.45) is 4.99 Å². The molecule has 1 aliphatic carbocycles. The fourth-order valence-corrected chi connectivity index (χ4v) is 4.83. The van der Waals surface area contributed by atoms with Gasteiger partial charge in [0.2, 0.25) is 6.41 Å². The summed E-state index contributed by atoms with van der Waals surface area (Å²) in [5.74, 6) is 0.925. The molecule has 1 saturated carbocycles. The molecule has 118 valence electrons. The average molecular weight is 319 g/mol. The Bertz CT molecular complexity index is 579. The molecule has 0 bridgehead atoms. The number of carbonyl (C=O) groups excluding carboxylic acids is 1. The minimum absolute atomic E-state index is 0.134. The highest BCUT2D eigenvalue weighted by molar-refractivity contribution is 8.00. The number of aliphatic imine (C=N–C) groups is 1. The van der Waals surface area contributed by atoms with Gasteiger partial charge in [0, 0.05) is 28.2 Å². The Balaban J connectivity index is 1.84. The number of benzene rings is 1. The van der Waals surface area contributed by atoms with Crippen molar-refractivity contribution in [3.05, 3.63) is 17.7 Å². The van der Waals surface area contributed by atoms with Gasteiger partial charge in [-0.2, -0.15) is 0 Å². The highest BCUT2D eigenvalue weighted by atomic mass is 32.2. The molecule has 0 radical (unpaired) electrons. The lowest BCUT2D eigenvalue weighted by Crippen LogP contribution is -2.46. The van der Waals surface area contributed by atoms with E-state index in [2.05, 4.69) is 28.4 Å². The van der Waals surface area contributed by atoms with E-state index in [-0.39, 0.29) is 6.04 Å². The third-order valence-electron chi connectivity index (χ3n) is 4.48. The number of rotatable bonds is 6. The lowest BCUT2D eigenvalue weighted by molar-refractivity contribution is -0.110. The minimum atomic E-state index is 0.134. The maximum absolute atomic E-state index is 10.9. The van der Waals surface area contributed by atoms with Gasteiger partial charge in [0.15, 0.2) is 0 Å². The summed E-state index contributed by atoms with van der Waals surface area (Å²) in [6, 6.07) is 4.53. The zero-order valence-electron chi connectivity index (χ0n) is 12.7. The van der Waals surface area contributed by atoms with E-state index in [4.69, 9.17) is 4.74 Å². The molecule has 2 N–H and O–H groups in total. The lowest BCUT2D eigenvalue weighted by Gasteiger charge is -2.24. The van der Waals surface area contributed by atoms with Crippen molar-refractivity contribution in [1.82, 2.24) is 10.6 Å². The smallest absolute Gasteiger partial charge is 0.207 e. The van der Waals surface area contributed by atoms with Crippen molar-refractivity contribution >= 4 is 30.6 Å². The van der Waals surface area contributed by atoms with Gasteiger partial charge in [0.1, 0.15) is 5.75 Å².